The SMILES string of the molecule is C=C1CC[C@H]2C(C)(C)CCC[C@]2(C)[C@H]1CO[C@@H](C(=O)OC)[C@H](CC(=O)O)C(=O)OC[C@]1(C)CCC[C@]2(C)[C@@H](CO[C@@H](C(=O)OC)[C@H](CC(=O)O)C(=O)OC)C(=C)CC[C@@H]12. The van der Waals surface area contributed by atoms with E-state index in [0.29, 0.717) is 25.2 Å². The van der Waals surface area contributed by atoms with Gasteiger partial charge in [0.05, 0.1) is 54.0 Å². The van der Waals surface area contributed by atoms with Gasteiger partial charge >= 0.3 is 35.8 Å². The molecule has 4 fully saturated rings. The molecule has 4 aliphatic rings. The van der Waals surface area contributed by atoms with Crippen LogP contribution in [0.2, 0.25) is 0 Å². The molecule has 0 aromatic rings. The summed E-state index contributed by atoms with van der Waals surface area (Å²) in [6.07, 6.45) is 4.00. The second-order valence-corrected chi connectivity index (χ2v) is 19.1. The minimum atomic E-state index is -1.54. The van der Waals surface area contributed by atoms with Crippen LogP contribution in [-0.4, -0.2) is 99.4 Å². The zero-order chi connectivity index (χ0) is 44.1. The molecule has 4 rings (SSSR count). The highest BCUT2D eigenvalue weighted by molar-refractivity contribution is 5.87. The quantitative estimate of drug-likeness (QED) is 0.0853. The first kappa shape index (κ1) is 47.9. The second kappa shape index (κ2) is 19.3. The molecule has 14 heteroatoms. The number of carboxylic acid groups (broad SMARTS) is 2. The Hall–Kier alpha value is -3.78. The van der Waals surface area contributed by atoms with E-state index in [0.717, 1.165) is 70.3 Å². The summed E-state index contributed by atoms with van der Waals surface area (Å²) in [4.78, 5) is 76.9. The first-order chi connectivity index (χ1) is 27.6. The lowest BCUT2D eigenvalue weighted by Gasteiger charge is -2.58. The number of methoxy groups -OCH3 is 3. The van der Waals surface area contributed by atoms with Gasteiger partial charge in [0, 0.05) is 17.3 Å². The summed E-state index contributed by atoms with van der Waals surface area (Å²) >= 11 is 0. The van der Waals surface area contributed by atoms with Crippen molar-refractivity contribution in [1.29, 1.82) is 0 Å². The first-order valence-electron chi connectivity index (χ1n) is 21.0. The van der Waals surface area contributed by atoms with Crippen LogP contribution in [0, 0.1) is 57.2 Å². The molecule has 4 saturated carbocycles. The number of ether oxygens (including phenoxy) is 6. The van der Waals surface area contributed by atoms with E-state index in [4.69, 9.17) is 28.4 Å². The summed E-state index contributed by atoms with van der Waals surface area (Å²) in [5.41, 5.74) is 0.809. The number of fused-ring (bicyclic) bond motifs is 2. The van der Waals surface area contributed by atoms with Crippen molar-refractivity contribution in [2.45, 2.75) is 124 Å². The number of rotatable bonds is 18. The summed E-state index contributed by atoms with van der Waals surface area (Å²) < 4.78 is 33.3. The fourth-order valence-corrected chi connectivity index (χ4v) is 12.0. The molecule has 2 N–H and O–H groups in total. The van der Waals surface area contributed by atoms with Crippen LogP contribution < -0.4 is 0 Å². The highest BCUT2D eigenvalue weighted by Gasteiger charge is 2.57. The maximum Gasteiger partial charge on any atom is 0.335 e. The lowest BCUT2D eigenvalue weighted by Crippen LogP contribution is -2.54. The van der Waals surface area contributed by atoms with Gasteiger partial charge in [-0.15, -0.1) is 0 Å². The van der Waals surface area contributed by atoms with Crippen LogP contribution in [0.5, 0.6) is 0 Å². The predicted octanol–water partition coefficient (Wildman–Crippen LogP) is 6.58. The molecule has 11 atom stereocenters. The van der Waals surface area contributed by atoms with Crippen molar-refractivity contribution in [3.05, 3.63) is 24.3 Å². The maximum absolute atomic E-state index is 14.1. The molecule has 0 aromatic carbocycles. The van der Waals surface area contributed by atoms with Crippen LogP contribution >= 0.6 is 0 Å². The summed E-state index contributed by atoms with van der Waals surface area (Å²) in [6.45, 7) is 19.7. The van der Waals surface area contributed by atoms with E-state index in [1.807, 2.05) is 6.92 Å². The molecule has 0 heterocycles. The van der Waals surface area contributed by atoms with Crippen LogP contribution in [0.15, 0.2) is 24.3 Å². The third-order valence-corrected chi connectivity index (χ3v) is 15.1. The van der Waals surface area contributed by atoms with E-state index in [-0.39, 0.29) is 48.4 Å². The molecule has 0 radical (unpaired) electrons. The minimum absolute atomic E-state index is 0.0565. The molecule has 4 aliphatic carbocycles. The Morgan fingerprint density at radius 3 is 1.51 bits per heavy atom. The smallest absolute Gasteiger partial charge is 0.335 e. The van der Waals surface area contributed by atoms with Crippen molar-refractivity contribution in [2.75, 3.05) is 41.2 Å². The van der Waals surface area contributed by atoms with Crippen molar-refractivity contribution in [1.82, 2.24) is 0 Å². The van der Waals surface area contributed by atoms with Gasteiger partial charge in [-0.2, -0.15) is 0 Å². The van der Waals surface area contributed by atoms with Crippen molar-refractivity contribution < 1.29 is 67.4 Å². The molecule has 0 aromatic heterocycles. The number of carbonyl (C=O) groups is 6. The highest BCUT2D eigenvalue weighted by atomic mass is 16.6. The van der Waals surface area contributed by atoms with Gasteiger partial charge in [-0.25, -0.2) is 9.59 Å². The van der Waals surface area contributed by atoms with Gasteiger partial charge in [0.25, 0.3) is 0 Å². The zero-order valence-electron chi connectivity index (χ0n) is 36.4. The van der Waals surface area contributed by atoms with Crippen molar-refractivity contribution in [3.8, 4) is 0 Å². The molecule has 0 spiro atoms. The standard InChI is InChI=1S/C45H68O14/c1-26-13-15-32-42(3,4)17-11-19-44(32,6)30(26)23-58-37(41(53)56-10)29(22-35(48)49)39(51)59-25-43(5)18-12-20-45(7)31(27(2)14-16-33(43)45)24-57-36(40(52)55-9)28(21-34(46)47)38(50)54-8/h28-33,36-37H,1-2,11-25H2,3-10H3,(H,46,47)(H,48,49)/t28-,29-,30-,31-,32-,33-,36+,37+,43-,44+,45+/m0/s1. The highest BCUT2D eigenvalue weighted by Crippen LogP contribution is 2.62. The number of carboxylic acids is 2. The summed E-state index contributed by atoms with van der Waals surface area (Å²) in [7, 11) is 3.40. The Balaban J connectivity index is 1.54. The van der Waals surface area contributed by atoms with Gasteiger partial charge in [-0.05, 0) is 79.4 Å². The van der Waals surface area contributed by atoms with Crippen LogP contribution in [0.4, 0.5) is 0 Å². The molecule has 14 nitrogen and oxygen atoms in total. The second-order valence-electron chi connectivity index (χ2n) is 19.1. The largest absolute Gasteiger partial charge is 0.481 e. The number of aliphatic carboxylic acids is 2. The van der Waals surface area contributed by atoms with Crippen LogP contribution in [-0.2, 0) is 57.2 Å². The first-order valence-corrected chi connectivity index (χ1v) is 21.0. The van der Waals surface area contributed by atoms with E-state index in [1.165, 1.54) is 7.11 Å². The molecule has 0 bridgehead atoms. The Labute approximate surface area is 349 Å². The summed E-state index contributed by atoms with van der Waals surface area (Å²) in [5, 5.41) is 19.5. The fourth-order valence-electron chi connectivity index (χ4n) is 12.0. The minimum Gasteiger partial charge on any atom is -0.481 e. The monoisotopic (exact) mass is 832 g/mol. The number of esters is 4. The van der Waals surface area contributed by atoms with Crippen molar-refractivity contribution in [2.24, 2.45) is 57.2 Å². The van der Waals surface area contributed by atoms with Crippen LogP contribution in [0.25, 0.3) is 0 Å². The molecular weight excluding hydrogens is 764 g/mol. The molecule has 0 saturated heterocycles. The third kappa shape index (κ3) is 10.2. The normalized spacial score (nSPS) is 32.2. The van der Waals surface area contributed by atoms with Gasteiger partial charge < -0.3 is 38.6 Å². The van der Waals surface area contributed by atoms with E-state index in [9.17, 15) is 39.0 Å². The Bertz CT molecular complexity index is 1620. The van der Waals surface area contributed by atoms with E-state index >= 15 is 0 Å². The van der Waals surface area contributed by atoms with Gasteiger partial charge in [-0.1, -0.05) is 71.8 Å². The van der Waals surface area contributed by atoms with E-state index < -0.39 is 83.5 Å². The zero-order valence-corrected chi connectivity index (χ0v) is 36.4. The molecular formula is C45H68O14. The van der Waals surface area contributed by atoms with Crippen molar-refractivity contribution in [3.63, 3.8) is 0 Å². The number of hydrogen-bond donors (Lipinski definition) is 2. The number of carbonyl (C=O) groups excluding carboxylic acids is 4. The third-order valence-electron chi connectivity index (χ3n) is 15.1. The van der Waals surface area contributed by atoms with Gasteiger partial charge in [0.15, 0.2) is 12.2 Å². The summed E-state index contributed by atoms with van der Waals surface area (Å²) in [6, 6.07) is 0. The average molecular weight is 833 g/mol. The van der Waals surface area contributed by atoms with Gasteiger partial charge in [-0.3, -0.25) is 19.2 Å². The topological polar surface area (TPSA) is 198 Å². The summed E-state index contributed by atoms with van der Waals surface area (Å²) in [5.74, 6) is -9.14. The lowest BCUT2D eigenvalue weighted by molar-refractivity contribution is -0.181. The Kier molecular flexibility index (Phi) is 15.7. The van der Waals surface area contributed by atoms with Gasteiger partial charge in [0.1, 0.15) is 11.8 Å². The van der Waals surface area contributed by atoms with Crippen molar-refractivity contribution >= 4 is 35.8 Å². The average Bonchev–Trinajstić information content (AvgIpc) is 3.16. The molecule has 0 unspecified atom stereocenters. The lowest BCUT2D eigenvalue weighted by atomic mass is 9.47. The molecule has 0 aliphatic heterocycles. The maximum atomic E-state index is 14.1. The molecule has 0 amide bonds. The van der Waals surface area contributed by atoms with E-state index in [2.05, 4.69) is 40.9 Å². The molecule has 332 valence electrons. The van der Waals surface area contributed by atoms with Gasteiger partial charge in [0.2, 0.25) is 0 Å². The van der Waals surface area contributed by atoms with Crippen LogP contribution in [0.1, 0.15) is 112 Å². The van der Waals surface area contributed by atoms with Crippen LogP contribution in [0.3, 0.4) is 0 Å². The number of hydrogen-bond acceptors (Lipinski definition) is 12. The van der Waals surface area contributed by atoms with E-state index in [1.54, 1.807) is 0 Å². The predicted molar refractivity (Wildman–Crippen MR) is 214 cm³/mol. The Morgan fingerprint density at radius 2 is 1.05 bits per heavy atom. The Morgan fingerprint density at radius 1 is 0.627 bits per heavy atom. The fraction of sp³-hybridized carbons (Fsp3) is 0.778. The molecule has 59 heavy (non-hydrogen) atoms.